The predicted octanol–water partition coefficient (Wildman–Crippen LogP) is 3.08. The highest BCUT2D eigenvalue weighted by atomic mass is 35.5. The lowest BCUT2D eigenvalue weighted by Crippen LogP contribution is -1.91. The second-order valence-corrected chi connectivity index (χ2v) is 4.68. The van der Waals surface area contributed by atoms with Gasteiger partial charge in [0.25, 0.3) is 5.69 Å². The summed E-state index contributed by atoms with van der Waals surface area (Å²) in [5.74, 6) is 0. The summed E-state index contributed by atoms with van der Waals surface area (Å²) in [5.41, 5.74) is 1.47. The highest BCUT2D eigenvalue weighted by molar-refractivity contribution is 7.18. The lowest BCUT2D eigenvalue weighted by atomic mass is 10.1. The molecule has 0 N–H and O–H groups in total. The van der Waals surface area contributed by atoms with Crippen molar-refractivity contribution in [2.24, 2.45) is 0 Å². The van der Waals surface area contributed by atoms with Gasteiger partial charge in [-0.2, -0.15) is 0 Å². The molecular formula is C9H6ClN3O2S. The van der Waals surface area contributed by atoms with Crippen LogP contribution in [0.4, 0.5) is 5.69 Å². The fourth-order valence-corrected chi connectivity index (χ4v) is 2.14. The molecule has 0 aliphatic carbocycles. The Labute approximate surface area is 99.9 Å². The number of nitro benzene ring substituents is 1. The zero-order valence-electron chi connectivity index (χ0n) is 8.18. The molecule has 16 heavy (non-hydrogen) atoms. The van der Waals surface area contributed by atoms with Crippen molar-refractivity contribution in [2.75, 3.05) is 0 Å². The van der Waals surface area contributed by atoms with Crippen LogP contribution in [0.25, 0.3) is 10.6 Å². The third-order valence-electron chi connectivity index (χ3n) is 2.04. The number of rotatable bonds is 2. The van der Waals surface area contributed by atoms with Crippen molar-refractivity contribution >= 4 is 28.6 Å². The number of benzene rings is 1. The molecule has 0 saturated heterocycles. The van der Waals surface area contributed by atoms with Crippen molar-refractivity contribution in [1.82, 2.24) is 10.2 Å². The van der Waals surface area contributed by atoms with Crippen LogP contribution in [0, 0.1) is 17.0 Å². The lowest BCUT2D eigenvalue weighted by molar-refractivity contribution is -0.385. The molecule has 2 rings (SSSR count). The van der Waals surface area contributed by atoms with Gasteiger partial charge < -0.3 is 0 Å². The van der Waals surface area contributed by atoms with E-state index in [-0.39, 0.29) is 5.69 Å². The Kier molecular flexibility index (Phi) is 2.84. The topological polar surface area (TPSA) is 68.9 Å². The van der Waals surface area contributed by atoms with Gasteiger partial charge in [0, 0.05) is 17.2 Å². The molecule has 5 nitrogen and oxygen atoms in total. The summed E-state index contributed by atoms with van der Waals surface area (Å²) in [7, 11) is 0. The van der Waals surface area contributed by atoms with Gasteiger partial charge >= 0.3 is 0 Å². The number of nitro groups is 1. The van der Waals surface area contributed by atoms with Gasteiger partial charge in [-0.3, -0.25) is 10.1 Å². The van der Waals surface area contributed by atoms with Crippen molar-refractivity contribution in [1.29, 1.82) is 0 Å². The fourth-order valence-electron chi connectivity index (χ4n) is 1.32. The molecule has 0 amide bonds. The Morgan fingerprint density at radius 1 is 1.44 bits per heavy atom. The third-order valence-corrected chi connectivity index (χ3v) is 3.11. The third kappa shape index (κ3) is 2.02. The Morgan fingerprint density at radius 3 is 2.69 bits per heavy atom. The van der Waals surface area contributed by atoms with Gasteiger partial charge in [0.2, 0.25) is 4.47 Å². The van der Waals surface area contributed by atoms with Gasteiger partial charge in [-0.25, -0.2) is 0 Å². The van der Waals surface area contributed by atoms with E-state index < -0.39 is 4.92 Å². The quantitative estimate of drug-likeness (QED) is 0.611. The Bertz CT molecular complexity index is 555. The Balaban J connectivity index is 2.45. The maximum atomic E-state index is 10.6. The van der Waals surface area contributed by atoms with Gasteiger partial charge in [0.15, 0.2) is 0 Å². The van der Waals surface area contributed by atoms with Crippen molar-refractivity contribution < 1.29 is 4.92 Å². The van der Waals surface area contributed by atoms with Crippen LogP contribution in [0.2, 0.25) is 4.47 Å². The highest BCUT2D eigenvalue weighted by Gasteiger charge is 2.12. The predicted molar refractivity (Wildman–Crippen MR) is 61.7 cm³/mol. The van der Waals surface area contributed by atoms with Gasteiger partial charge in [-0.1, -0.05) is 11.3 Å². The Hall–Kier alpha value is -1.53. The molecule has 0 saturated carbocycles. The maximum absolute atomic E-state index is 10.6. The molecule has 2 aromatic rings. The molecular weight excluding hydrogens is 250 g/mol. The number of aromatic nitrogens is 2. The minimum atomic E-state index is -0.411. The van der Waals surface area contributed by atoms with E-state index in [1.54, 1.807) is 19.1 Å². The Morgan fingerprint density at radius 2 is 2.19 bits per heavy atom. The lowest BCUT2D eigenvalue weighted by Gasteiger charge is -1.99. The van der Waals surface area contributed by atoms with E-state index in [4.69, 9.17) is 11.6 Å². The molecule has 7 heteroatoms. The first-order valence-electron chi connectivity index (χ1n) is 4.32. The summed E-state index contributed by atoms with van der Waals surface area (Å²) >= 11 is 6.91. The van der Waals surface area contributed by atoms with Crippen LogP contribution in [0.5, 0.6) is 0 Å². The molecule has 0 fully saturated rings. The van der Waals surface area contributed by atoms with Crippen molar-refractivity contribution in [3.63, 3.8) is 0 Å². The normalized spacial score (nSPS) is 10.4. The van der Waals surface area contributed by atoms with Crippen LogP contribution in [0.1, 0.15) is 5.56 Å². The first kappa shape index (κ1) is 11.0. The summed E-state index contributed by atoms with van der Waals surface area (Å²) in [6, 6.07) is 4.80. The van der Waals surface area contributed by atoms with Crippen LogP contribution in [0.3, 0.4) is 0 Å². The van der Waals surface area contributed by atoms with Crippen LogP contribution in [0.15, 0.2) is 18.2 Å². The molecule has 0 atom stereocenters. The number of nitrogens with zero attached hydrogens (tertiary/aromatic N) is 3. The van der Waals surface area contributed by atoms with Crippen LogP contribution < -0.4 is 0 Å². The van der Waals surface area contributed by atoms with E-state index in [2.05, 4.69) is 10.2 Å². The minimum absolute atomic E-state index is 0.0966. The van der Waals surface area contributed by atoms with E-state index in [1.807, 2.05) is 0 Å². The van der Waals surface area contributed by atoms with Crippen molar-refractivity contribution in [3.05, 3.63) is 38.3 Å². The largest absolute Gasteiger partial charge is 0.272 e. The van der Waals surface area contributed by atoms with E-state index in [0.29, 0.717) is 15.0 Å². The summed E-state index contributed by atoms with van der Waals surface area (Å²) in [6.07, 6.45) is 0. The van der Waals surface area contributed by atoms with Crippen molar-refractivity contribution in [3.8, 4) is 10.6 Å². The first-order valence-corrected chi connectivity index (χ1v) is 5.52. The monoisotopic (exact) mass is 255 g/mol. The molecule has 1 aromatic heterocycles. The van der Waals surface area contributed by atoms with E-state index in [9.17, 15) is 10.1 Å². The summed E-state index contributed by atoms with van der Waals surface area (Å²) < 4.78 is 0.353. The molecule has 1 heterocycles. The molecule has 0 aliphatic rings. The average Bonchev–Trinajstić information content (AvgIpc) is 2.64. The number of hydrogen-bond acceptors (Lipinski definition) is 5. The summed E-state index contributed by atoms with van der Waals surface area (Å²) in [4.78, 5) is 10.2. The molecule has 0 bridgehead atoms. The average molecular weight is 256 g/mol. The SMILES string of the molecule is Cc1cc(-c2nnc(Cl)s2)ccc1[N+](=O)[O-]. The number of aryl methyl sites for hydroxylation is 1. The molecule has 0 radical (unpaired) electrons. The number of halogens is 1. The van der Waals surface area contributed by atoms with Gasteiger partial charge in [-0.05, 0) is 30.7 Å². The maximum Gasteiger partial charge on any atom is 0.272 e. The van der Waals surface area contributed by atoms with Gasteiger partial charge in [-0.15, -0.1) is 10.2 Å². The molecule has 0 spiro atoms. The zero-order chi connectivity index (χ0) is 11.7. The van der Waals surface area contributed by atoms with Crippen LogP contribution >= 0.6 is 22.9 Å². The molecule has 82 valence electrons. The zero-order valence-corrected chi connectivity index (χ0v) is 9.75. The van der Waals surface area contributed by atoms with E-state index >= 15 is 0 Å². The van der Waals surface area contributed by atoms with Gasteiger partial charge in [0.05, 0.1) is 4.92 Å². The standard InChI is InChI=1S/C9H6ClN3O2S/c1-5-4-6(2-3-7(5)13(14)15)8-11-12-9(10)16-8/h2-4H,1H3. The van der Waals surface area contributed by atoms with Crippen molar-refractivity contribution in [2.45, 2.75) is 6.92 Å². The molecule has 1 aromatic carbocycles. The smallest absolute Gasteiger partial charge is 0.258 e. The second kappa shape index (κ2) is 4.15. The van der Waals surface area contributed by atoms with E-state index in [0.717, 1.165) is 5.56 Å². The number of hydrogen-bond donors (Lipinski definition) is 0. The van der Waals surface area contributed by atoms with Crippen LogP contribution in [-0.2, 0) is 0 Å². The summed E-state index contributed by atoms with van der Waals surface area (Å²) in [6.45, 7) is 1.68. The van der Waals surface area contributed by atoms with E-state index in [1.165, 1.54) is 17.4 Å². The van der Waals surface area contributed by atoms with Gasteiger partial charge in [0.1, 0.15) is 5.01 Å². The second-order valence-electron chi connectivity index (χ2n) is 3.12. The first-order chi connectivity index (χ1) is 7.58. The highest BCUT2D eigenvalue weighted by Crippen LogP contribution is 2.29. The summed E-state index contributed by atoms with van der Waals surface area (Å²) in [5, 5.41) is 18.8. The minimum Gasteiger partial charge on any atom is -0.258 e. The fraction of sp³-hybridized carbons (Fsp3) is 0.111. The molecule has 0 unspecified atom stereocenters. The van der Waals surface area contributed by atoms with Crippen LogP contribution in [-0.4, -0.2) is 15.1 Å². The molecule has 0 aliphatic heterocycles.